The number of anilines is 6. The Morgan fingerprint density at radius 1 is 0.375 bits per heavy atom. The summed E-state index contributed by atoms with van der Waals surface area (Å²) in [5, 5.41) is 0. The summed E-state index contributed by atoms with van der Waals surface area (Å²) in [6, 6.07) is 59.7. The molecule has 7 aromatic rings. The Labute approximate surface area is 333 Å². The first-order valence-electron chi connectivity index (χ1n) is 20.6. The third-order valence-electron chi connectivity index (χ3n) is 13.2. The summed E-state index contributed by atoms with van der Waals surface area (Å²) in [5.41, 5.74) is 20.7. The molecule has 2 saturated carbocycles. The molecule has 0 saturated heterocycles. The van der Waals surface area contributed by atoms with Crippen LogP contribution in [0.15, 0.2) is 158 Å². The number of hydrogen-bond acceptors (Lipinski definition) is 2. The van der Waals surface area contributed by atoms with Crippen LogP contribution in [0.5, 0.6) is 0 Å². The highest BCUT2D eigenvalue weighted by atomic mass is 15.1. The van der Waals surface area contributed by atoms with Crippen LogP contribution in [0, 0.1) is 39.5 Å². The maximum Gasteiger partial charge on any atom is 0.0465 e. The average Bonchev–Trinajstić information content (AvgIpc) is 3.69. The Morgan fingerprint density at radius 2 is 0.714 bits per heavy atom. The van der Waals surface area contributed by atoms with E-state index in [-0.39, 0.29) is 5.41 Å². The lowest BCUT2D eigenvalue weighted by Crippen LogP contribution is -2.33. The van der Waals surface area contributed by atoms with E-state index in [0.29, 0.717) is 0 Å². The van der Waals surface area contributed by atoms with Crippen molar-refractivity contribution in [2.45, 2.75) is 65.2 Å². The molecule has 2 fully saturated rings. The minimum atomic E-state index is 0.0284. The van der Waals surface area contributed by atoms with Crippen molar-refractivity contribution in [2.24, 2.45) is 11.8 Å². The Morgan fingerprint density at radius 3 is 1.16 bits per heavy atom. The van der Waals surface area contributed by atoms with Crippen molar-refractivity contribution in [3.63, 3.8) is 0 Å². The first kappa shape index (κ1) is 34.6. The fraction of sp³-hybridized carbons (Fsp3) is 0.222. The predicted molar refractivity (Wildman–Crippen MR) is 236 cm³/mol. The van der Waals surface area contributed by atoms with Crippen molar-refractivity contribution < 1.29 is 0 Å². The summed E-state index contributed by atoms with van der Waals surface area (Å²) < 4.78 is 0. The zero-order chi connectivity index (χ0) is 38.0. The zero-order valence-corrected chi connectivity index (χ0v) is 33.1. The highest BCUT2D eigenvalue weighted by Crippen LogP contribution is 2.62. The van der Waals surface area contributed by atoms with Crippen LogP contribution in [0.1, 0.15) is 65.5 Å². The first-order valence-corrected chi connectivity index (χ1v) is 20.6. The fourth-order valence-corrected chi connectivity index (χ4v) is 10.3. The predicted octanol–water partition coefficient (Wildman–Crippen LogP) is 15.0. The van der Waals surface area contributed by atoms with Gasteiger partial charge in [0.1, 0.15) is 0 Å². The van der Waals surface area contributed by atoms with E-state index in [1.807, 2.05) is 0 Å². The number of aryl methyl sites for hydroxylation is 4. The fourth-order valence-electron chi connectivity index (χ4n) is 10.3. The second-order valence-corrected chi connectivity index (χ2v) is 17.1. The van der Waals surface area contributed by atoms with E-state index in [0.717, 1.165) is 17.5 Å². The van der Waals surface area contributed by atoms with Crippen LogP contribution >= 0.6 is 0 Å². The van der Waals surface area contributed by atoms with E-state index in [9.17, 15) is 0 Å². The van der Waals surface area contributed by atoms with Crippen molar-refractivity contribution in [1.82, 2.24) is 0 Å². The van der Waals surface area contributed by atoms with E-state index in [1.54, 1.807) is 5.56 Å². The van der Waals surface area contributed by atoms with Gasteiger partial charge in [0, 0.05) is 39.5 Å². The molecule has 2 atom stereocenters. The molecular weight excluding hydrogens is 677 g/mol. The molecule has 56 heavy (non-hydrogen) atoms. The summed E-state index contributed by atoms with van der Waals surface area (Å²) in [6.07, 6.45) is 6.62. The summed E-state index contributed by atoms with van der Waals surface area (Å²) in [4.78, 5) is 4.82. The molecule has 10 rings (SSSR count). The molecule has 0 aromatic heterocycles. The number of fused-ring (bicyclic) bond motifs is 7. The minimum Gasteiger partial charge on any atom is -0.311 e. The van der Waals surface area contributed by atoms with Gasteiger partial charge in [0.05, 0.1) is 0 Å². The SMILES string of the molecule is Cc1ccc(N(c2ccc(C)cc2)c2ccc(-c3ccc4c(c3)C3(CC5CCC(C5)C3)c3cc(N(c5ccc(C)cc5)c5ccc(C)cc5)ccc3-4)cc2)cc1. The third-order valence-corrected chi connectivity index (χ3v) is 13.2. The lowest BCUT2D eigenvalue weighted by Gasteiger charge is -2.40. The first-order chi connectivity index (χ1) is 27.3. The van der Waals surface area contributed by atoms with Crippen LogP contribution in [0.3, 0.4) is 0 Å². The number of hydrogen-bond donors (Lipinski definition) is 0. The van der Waals surface area contributed by atoms with Gasteiger partial charge in [0.25, 0.3) is 0 Å². The monoisotopic (exact) mass is 726 g/mol. The summed E-state index contributed by atoms with van der Waals surface area (Å²) in [6.45, 7) is 8.64. The van der Waals surface area contributed by atoms with Crippen molar-refractivity contribution in [3.8, 4) is 22.3 Å². The van der Waals surface area contributed by atoms with Gasteiger partial charge in [-0.1, -0.05) is 114 Å². The van der Waals surface area contributed by atoms with Crippen LogP contribution < -0.4 is 9.80 Å². The molecule has 0 amide bonds. The van der Waals surface area contributed by atoms with Gasteiger partial charge in [-0.2, -0.15) is 0 Å². The molecule has 3 aliphatic carbocycles. The largest absolute Gasteiger partial charge is 0.311 e. The quantitative estimate of drug-likeness (QED) is 0.161. The van der Waals surface area contributed by atoms with E-state index >= 15 is 0 Å². The number of nitrogens with zero attached hydrogens (tertiary/aromatic N) is 2. The third kappa shape index (κ3) is 6.03. The standard InChI is InChI=1S/C54H50N2/c1-36-5-18-44(19-6-36)55(45-20-7-37(2)8-21-45)48-26-15-42(16-27-48)43-17-29-50-51-30-28-49(33-53(51)54(52(50)32-43)34-40-13-14-41(31-40)35-54)56(46-22-9-38(3)10-23-46)47-24-11-39(4)12-25-47/h5-12,15-30,32-33,40-41H,13-14,31,34-35H2,1-4H3. The summed E-state index contributed by atoms with van der Waals surface area (Å²) in [5.74, 6) is 1.58. The number of benzene rings is 7. The molecule has 0 heterocycles. The molecule has 2 nitrogen and oxygen atoms in total. The molecule has 2 unspecified atom stereocenters. The van der Waals surface area contributed by atoms with Gasteiger partial charge in [-0.05, 0) is 171 Å². The maximum atomic E-state index is 2.57. The highest BCUT2D eigenvalue weighted by molar-refractivity contribution is 5.88. The minimum absolute atomic E-state index is 0.0284. The Bertz CT molecular complexity index is 2420. The van der Waals surface area contributed by atoms with Crippen LogP contribution in [0.25, 0.3) is 22.3 Å². The van der Waals surface area contributed by atoms with Crippen LogP contribution in [-0.4, -0.2) is 0 Å². The Hall–Kier alpha value is -5.86. The smallest absolute Gasteiger partial charge is 0.0465 e. The van der Waals surface area contributed by atoms with Crippen molar-refractivity contribution >= 4 is 34.1 Å². The van der Waals surface area contributed by atoms with Gasteiger partial charge in [-0.15, -0.1) is 0 Å². The van der Waals surface area contributed by atoms with Gasteiger partial charge < -0.3 is 9.80 Å². The van der Waals surface area contributed by atoms with E-state index in [1.165, 1.54) is 111 Å². The summed E-state index contributed by atoms with van der Waals surface area (Å²) >= 11 is 0. The molecule has 2 heteroatoms. The van der Waals surface area contributed by atoms with Gasteiger partial charge in [0.2, 0.25) is 0 Å². The normalized spacial score (nSPS) is 19.1. The molecule has 3 aliphatic rings. The van der Waals surface area contributed by atoms with Crippen LogP contribution in [-0.2, 0) is 5.41 Å². The van der Waals surface area contributed by atoms with Crippen LogP contribution in [0.4, 0.5) is 34.1 Å². The van der Waals surface area contributed by atoms with E-state index < -0.39 is 0 Å². The molecule has 0 radical (unpaired) electrons. The molecule has 0 aliphatic heterocycles. The lowest BCUT2D eigenvalue weighted by molar-refractivity contribution is 0.255. The molecule has 0 N–H and O–H groups in total. The molecule has 1 spiro atoms. The lowest BCUT2D eigenvalue weighted by atomic mass is 9.63. The average molecular weight is 727 g/mol. The Kier molecular flexibility index (Phi) is 8.47. The molecular formula is C54H50N2. The molecule has 276 valence electrons. The van der Waals surface area contributed by atoms with Gasteiger partial charge in [-0.25, -0.2) is 0 Å². The van der Waals surface area contributed by atoms with Gasteiger partial charge in [-0.3, -0.25) is 0 Å². The summed E-state index contributed by atoms with van der Waals surface area (Å²) in [7, 11) is 0. The number of rotatable bonds is 7. The second kappa shape index (κ2) is 13.7. The highest BCUT2D eigenvalue weighted by Gasteiger charge is 2.51. The van der Waals surface area contributed by atoms with Crippen molar-refractivity contribution in [3.05, 3.63) is 191 Å². The maximum absolute atomic E-state index is 2.57. The molecule has 7 aromatic carbocycles. The van der Waals surface area contributed by atoms with Crippen molar-refractivity contribution in [2.75, 3.05) is 9.80 Å². The van der Waals surface area contributed by atoms with Crippen LogP contribution in [0.2, 0.25) is 0 Å². The van der Waals surface area contributed by atoms with Crippen molar-refractivity contribution in [1.29, 1.82) is 0 Å². The zero-order valence-electron chi connectivity index (χ0n) is 33.1. The van der Waals surface area contributed by atoms with Gasteiger partial charge in [0.15, 0.2) is 0 Å². The van der Waals surface area contributed by atoms with E-state index in [4.69, 9.17) is 0 Å². The Balaban J connectivity index is 1.06. The van der Waals surface area contributed by atoms with E-state index in [2.05, 4.69) is 195 Å². The topological polar surface area (TPSA) is 6.48 Å². The second-order valence-electron chi connectivity index (χ2n) is 17.1. The molecule has 2 bridgehead atoms. The van der Waals surface area contributed by atoms with Gasteiger partial charge >= 0.3 is 0 Å².